The molecule has 0 aliphatic rings. The SMILES string of the molecule is CNC(=O)c1cccc(NC(=O)Cc2c(C)nc3nc(SC)nn3c2C)c1C. The lowest BCUT2D eigenvalue weighted by atomic mass is 10.0. The highest BCUT2D eigenvalue weighted by atomic mass is 32.2. The van der Waals surface area contributed by atoms with E-state index in [0.29, 0.717) is 22.2 Å². The molecule has 2 aromatic heterocycles. The van der Waals surface area contributed by atoms with Crippen molar-refractivity contribution in [3.8, 4) is 0 Å². The van der Waals surface area contributed by atoms with Crippen molar-refractivity contribution in [2.75, 3.05) is 18.6 Å². The first-order valence-electron chi connectivity index (χ1n) is 8.74. The summed E-state index contributed by atoms with van der Waals surface area (Å²) in [6.07, 6.45) is 2.05. The smallest absolute Gasteiger partial charge is 0.253 e. The lowest BCUT2D eigenvalue weighted by molar-refractivity contribution is -0.115. The summed E-state index contributed by atoms with van der Waals surface area (Å²) in [7, 11) is 1.58. The van der Waals surface area contributed by atoms with E-state index in [1.807, 2.05) is 27.0 Å². The summed E-state index contributed by atoms with van der Waals surface area (Å²) in [5.74, 6) is 0.151. The van der Waals surface area contributed by atoms with Crippen molar-refractivity contribution in [3.63, 3.8) is 0 Å². The van der Waals surface area contributed by atoms with Crippen molar-refractivity contribution in [3.05, 3.63) is 46.3 Å². The highest BCUT2D eigenvalue weighted by Gasteiger charge is 2.17. The molecule has 9 heteroatoms. The van der Waals surface area contributed by atoms with Gasteiger partial charge in [0.1, 0.15) is 0 Å². The molecule has 2 N–H and O–H groups in total. The Labute approximate surface area is 167 Å². The zero-order chi connectivity index (χ0) is 20.4. The van der Waals surface area contributed by atoms with Gasteiger partial charge in [-0.25, -0.2) is 9.50 Å². The number of fused-ring (bicyclic) bond motifs is 1. The number of hydrogen-bond acceptors (Lipinski definition) is 6. The fraction of sp³-hybridized carbons (Fsp3) is 0.316. The van der Waals surface area contributed by atoms with Crippen LogP contribution in [0.5, 0.6) is 0 Å². The minimum atomic E-state index is -0.189. The highest BCUT2D eigenvalue weighted by molar-refractivity contribution is 7.98. The van der Waals surface area contributed by atoms with Gasteiger partial charge in [-0.15, -0.1) is 5.10 Å². The number of benzene rings is 1. The predicted octanol–water partition coefficient (Wildman–Crippen LogP) is 2.31. The van der Waals surface area contributed by atoms with Crippen LogP contribution in [0.15, 0.2) is 23.4 Å². The Hall–Kier alpha value is -2.94. The Morgan fingerprint density at radius 1 is 1.18 bits per heavy atom. The van der Waals surface area contributed by atoms with Crippen LogP contribution in [0, 0.1) is 20.8 Å². The lowest BCUT2D eigenvalue weighted by Gasteiger charge is -2.13. The van der Waals surface area contributed by atoms with Crippen LogP contribution in [0.3, 0.4) is 0 Å². The molecule has 146 valence electrons. The zero-order valence-corrected chi connectivity index (χ0v) is 17.3. The molecule has 0 unspecified atom stereocenters. The summed E-state index contributed by atoms with van der Waals surface area (Å²) < 4.78 is 1.67. The average molecular weight is 398 g/mol. The van der Waals surface area contributed by atoms with E-state index < -0.39 is 0 Å². The van der Waals surface area contributed by atoms with Gasteiger partial charge in [0.25, 0.3) is 11.7 Å². The zero-order valence-electron chi connectivity index (χ0n) is 16.5. The standard InChI is InChI=1S/C19H22N6O2S/c1-10-13(17(27)20-4)7-6-8-15(10)22-16(26)9-14-11(2)21-18-23-19(28-5)24-25(18)12(14)3/h6-8H,9H2,1-5H3,(H,20,27)(H,22,26). The van der Waals surface area contributed by atoms with Crippen molar-refractivity contribution in [1.82, 2.24) is 24.9 Å². The van der Waals surface area contributed by atoms with Gasteiger partial charge in [0.15, 0.2) is 0 Å². The molecule has 8 nitrogen and oxygen atoms in total. The number of carbonyl (C=O) groups excluding carboxylic acids is 2. The molecule has 0 radical (unpaired) electrons. The fourth-order valence-electron chi connectivity index (χ4n) is 3.04. The third kappa shape index (κ3) is 3.70. The quantitative estimate of drug-likeness (QED) is 0.640. The van der Waals surface area contributed by atoms with E-state index >= 15 is 0 Å². The number of anilines is 1. The predicted molar refractivity (Wildman–Crippen MR) is 109 cm³/mol. The first-order valence-corrected chi connectivity index (χ1v) is 9.96. The summed E-state index contributed by atoms with van der Waals surface area (Å²) in [6.45, 7) is 5.57. The second kappa shape index (κ2) is 7.97. The van der Waals surface area contributed by atoms with Crippen molar-refractivity contribution >= 4 is 35.0 Å². The van der Waals surface area contributed by atoms with Gasteiger partial charge < -0.3 is 10.6 Å². The Morgan fingerprint density at radius 3 is 2.61 bits per heavy atom. The summed E-state index contributed by atoms with van der Waals surface area (Å²) >= 11 is 1.44. The van der Waals surface area contributed by atoms with Gasteiger partial charge in [0, 0.05) is 35.2 Å². The van der Waals surface area contributed by atoms with Crippen molar-refractivity contribution < 1.29 is 9.59 Å². The molecule has 0 spiro atoms. The number of aryl methyl sites for hydroxylation is 2. The van der Waals surface area contributed by atoms with E-state index in [2.05, 4.69) is 25.7 Å². The van der Waals surface area contributed by atoms with E-state index in [-0.39, 0.29) is 18.2 Å². The largest absolute Gasteiger partial charge is 0.355 e. The van der Waals surface area contributed by atoms with E-state index in [1.54, 1.807) is 29.8 Å². The fourth-order valence-corrected chi connectivity index (χ4v) is 3.38. The second-order valence-corrected chi connectivity index (χ2v) is 7.13. The maximum atomic E-state index is 12.7. The molecular formula is C19H22N6O2S. The second-order valence-electron chi connectivity index (χ2n) is 6.35. The Kier molecular flexibility index (Phi) is 5.64. The number of rotatable bonds is 5. The molecule has 0 saturated carbocycles. The Bertz CT molecular complexity index is 1080. The Balaban J connectivity index is 1.87. The van der Waals surface area contributed by atoms with Gasteiger partial charge in [-0.05, 0) is 44.7 Å². The van der Waals surface area contributed by atoms with E-state index in [9.17, 15) is 9.59 Å². The number of nitrogens with zero attached hydrogens (tertiary/aromatic N) is 4. The minimum Gasteiger partial charge on any atom is -0.355 e. The molecule has 3 rings (SSSR count). The third-order valence-corrected chi connectivity index (χ3v) is 5.17. The highest BCUT2D eigenvalue weighted by Crippen LogP contribution is 2.21. The molecule has 0 atom stereocenters. The number of thioether (sulfide) groups is 1. The topological polar surface area (TPSA) is 101 Å². The molecule has 0 fully saturated rings. The molecule has 0 aliphatic carbocycles. The van der Waals surface area contributed by atoms with Gasteiger partial charge in [-0.1, -0.05) is 17.8 Å². The number of aromatic nitrogens is 4. The molecule has 28 heavy (non-hydrogen) atoms. The molecule has 2 amide bonds. The number of carbonyl (C=O) groups is 2. The number of hydrogen-bond donors (Lipinski definition) is 2. The normalized spacial score (nSPS) is 10.9. The monoisotopic (exact) mass is 398 g/mol. The molecule has 1 aromatic carbocycles. The molecular weight excluding hydrogens is 376 g/mol. The van der Waals surface area contributed by atoms with Gasteiger partial charge in [-0.3, -0.25) is 9.59 Å². The maximum absolute atomic E-state index is 12.7. The molecule has 2 heterocycles. The number of amides is 2. The van der Waals surface area contributed by atoms with Crippen LogP contribution in [-0.4, -0.2) is 44.7 Å². The maximum Gasteiger partial charge on any atom is 0.253 e. The third-order valence-electron chi connectivity index (χ3n) is 4.63. The van der Waals surface area contributed by atoms with Gasteiger partial charge in [0.2, 0.25) is 11.1 Å². The van der Waals surface area contributed by atoms with Crippen molar-refractivity contribution in [2.24, 2.45) is 0 Å². The van der Waals surface area contributed by atoms with Crippen LogP contribution in [-0.2, 0) is 11.2 Å². The molecule has 0 saturated heterocycles. The molecule has 3 aromatic rings. The van der Waals surface area contributed by atoms with Gasteiger partial charge in [0.05, 0.1) is 6.42 Å². The van der Waals surface area contributed by atoms with Gasteiger partial charge in [-0.2, -0.15) is 4.98 Å². The summed E-state index contributed by atoms with van der Waals surface area (Å²) in [5, 5.41) is 10.6. The average Bonchev–Trinajstić information content (AvgIpc) is 3.09. The minimum absolute atomic E-state index is 0.151. The van der Waals surface area contributed by atoms with Crippen LogP contribution in [0.1, 0.15) is 32.9 Å². The van der Waals surface area contributed by atoms with E-state index in [1.165, 1.54) is 11.8 Å². The van der Waals surface area contributed by atoms with Crippen LogP contribution in [0.25, 0.3) is 5.78 Å². The Morgan fingerprint density at radius 2 is 1.93 bits per heavy atom. The first kappa shape index (κ1) is 19.8. The number of nitrogens with one attached hydrogen (secondary N) is 2. The van der Waals surface area contributed by atoms with E-state index in [0.717, 1.165) is 22.5 Å². The first-order chi connectivity index (χ1) is 13.3. The lowest BCUT2D eigenvalue weighted by Crippen LogP contribution is -2.21. The molecule has 0 aliphatic heterocycles. The van der Waals surface area contributed by atoms with Gasteiger partial charge >= 0.3 is 0 Å². The van der Waals surface area contributed by atoms with Crippen molar-refractivity contribution in [1.29, 1.82) is 0 Å². The summed E-state index contributed by atoms with van der Waals surface area (Å²) in [5.41, 5.74) is 4.25. The van der Waals surface area contributed by atoms with E-state index in [4.69, 9.17) is 0 Å². The van der Waals surface area contributed by atoms with Crippen LogP contribution in [0.2, 0.25) is 0 Å². The summed E-state index contributed by atoms with van der Waals surface area (Å²) in [4.78, 5) is 33.5. The summed E-state index contributed by atoms with van der Waals surface area (Å²) in [6, 6.07) is 5.25. The van der Waals surface area contributed by atoms with Crippen LogP contribution < -0.4 is 10.6 Å². The van der Waals surface area contributed by atoms with Crippen LogP contribution in [0.4, 0.5) is 5.69 Å². The molecule has 0 bridgehead atoms. The van der Waals surface area contributed by atoms with Crippen molar-refractivity contribution in [2.45, 2.75) is 32.3 Å². The van der Waals surface area contributed by atoms with Crippen LogP contribution >= 0.6 is 11.8 Å².